The Morgan fingerprint density at radius 2 is 1.87 bits per heavy atom. The van der Waals surface area contributed by atoms with Crippen molar-refractivity contribution in [3.63, 3.8) is 0 Å². The second-order valence-corrected chi connectivity index (χ2v) is 9.01. The summed E-state index contributed by atoms with van der Waals surface area (Å²) >= 11 is 0. The van der Waals surface area contributed by atoms with Gasteiger partial charge in [-0.3, -0.25) is 0 Å². The highest BCUT2D eigenvalue weighted by molar-refractivity contribution is 5.68. The van der Waals surface area contributed by atoms with Crippen LogP contribution in [-0.2, 0) is 4.74 Å². The van der Waals surface area contributed by atoms with Crippen molar-refractivity contribution < 1.29 is 23.4 Å². The Balaban J connectivity index is 1.56. The molecule has 1 amide bonds. The molecule has 0 N–H and O–H groups in total. The van der Waals surface area contributed by atoms with E-state index in [2.05, 4.69) is 6.08 Å². The highest BCUT2D eigenvalue weighted by atomic mass is 19.1. The monoisotopic (exact) mass is 425 g/mol. The third-order valence-corrected chi connectivity index (χ3v) is 5.54. The topological polar surface area (TPSA) is 48.0 Å². The van der Waals surface area contributed by atoms with Gasteiger partial charge in [-0.05, 0) is 68.5 Å². The van der Waals surface area contributed by atoms with E-state index in [1.165, 1.54) is 12.1 Å². The summed E-state index contributed by atoms with van der Waals surface area (Å²) in [6, 6.07) is 12.5. The lowest BCUT2D eigenvalue weighted by atomic mass is 9.80. The minimum absolute atomic E-state index is 0.0668. The summed E-state index contributed by atoms with van der Waals surface area (Å²) in [5, 5.41) is 0. The van der Waals surface area contributed by atoms with E-state index >= 15 is 0 Å². The van der Waals surface area contributed by atoms with Crippen LogP contribution in [0.2, 0.25) is 0 Å². The Labute approximate surface area is 182 Å². The molecule has 0 radical (unpaired) electrons. The number of likely N-dealkylation sites (tertiary alicyclic amines) is 1. The van der Waals surface area contributed by atoms with Gasteiger partial charge in [0.2, 0.25) is 6.79 Å². The van der Waals surface area contributed by atoms with Crippen LogP contribution in [0.4, 0.5) is 9.18 Å². The average molecular weight is 426 g/mol. The number of fused-ring (bicyclic) bond motifs is 1. The second kappa shape index (κ2) is 8.61. The quantitative estimate of drug-likeness (QED) is 0.641. The number of hydrogen-bond acceptors (Lipinski definition) is 4. The van der Waals surface area contributed by atoms with Gasteiger partial charge < -0.3 is 19.1 Å². The highest BCUT2D eigenvalue weighted by Crippen LogP contribution is 2.36. The first-order valence-corrected chi connectivity index (χ1v) is 10.6. The summed E-state index contributed by atoms with van der Waals surface area (Å²) in [7, 11) is 0. The van der Waals surface area contributed by atoms with Crippen molar-refractivity contribution in [2.75, 3.05) is 19.9 Å². The van der Waals surface area contributed by atoms with Gasteiger partial charge in [-0.15, -0.1) is 0 Å². The lowest BCUT2D eigenvalue weighted by Crippen LogP contribution is -2.44. The van der Waals surface area contributed by atoms with E-state index in [9.17, 15) is 9.18 Å². The molecule has 2 atom stereocenters. The van der Waals surface area contributed by atoms with Gasteiger partial charge in [0.15, 0.2) is 11.5 Å². The lowest BCUT2D eigenvalue weighted by molar-refractivity contribution is 0.0170. The molecule has 1 saturated heterocycles. The van der Waals surface area contributed by atoms with Gasteiger partial charge in [0.25, 0.3) is 0 Å². The van der Waals surface area contributed by atoms with Crippen LogP contribution in [0.25, 0.3) is 6.08 Å². The molecule has 0 aromatic heterocycles. The summed E-state index contributed by atoms with van der Waals surface area (Å²) < 4.78 is 29.9. The van der Waals surface area contributed by atoms with Crippen LogP contribution >= 0.6 is 0 Å². The van der Waals surface area contributed by atoms with Gasteiger partial charge in [0.05, 0.1) is 0 Å². The van der Waals surface area contributed by atoms with Crippen LogP contribution in [-0.4, -0.2) is 36.5 Å². The standard InChI is InChI=1S/C25H28FNO4/c1-25(2,3)31-24(28)27-13-12-21(18-7-9-20(26)10-8-18)19(15-27)6-4-17-5-11-22-23(14-17)30-16-29-22/h4-11,14,19,21H,12-13,15-16H2,1-3H3/b6-4+/t19-,21+/m1/s1. The zero-order chi connectivity index (χ0) is 22.0. The number of carbonyl (C=O) groups excluding carboxylic acids is 1. The van der Waals surface area contributed by atoms with E-state index in [-0.39, 0.29) is 30.5 Å². The molecule has 0 bridgehead atoms. The number of piperidine rings is 1. The summed E-state index contributed by atoms with van der Waals surface area (Å²) in [5.41, 5.74) is 1.53. The normalized spacial score (nSPS) is 20.8. The van der Waals surface area contributed by atoms with Crippen LogP contribution in [0.5, 0.6) is 11.5 Å². The number of amides is 1. The van der Waals surface area contributed by atoms with Crippen LogP contribution < -0.4 is 9.47 Å². The van der Waals surface area contributed by atoms with Crippen LogP contribution in [0.3, 0.4) is 0 Å². The molecular weight excluding hydrogens is 397 g/mol. The number of halogens is 1. The average Bonchev–Trinajstić information content (AvgIpc) is 3.19. The third-order valence-electron chi connectivity index (χ3n) is 5.54. The van der Waals surface area contributed by atoms with Crippen molar-refractivity contribution in [2.45, 2.75) is 38.7 Å². The Bertz CT molecular complexity index is 964. The smallest absolute Gasteiger partial charge is 0.410 e. The molecule has 6 heteroatoms. The molecule has 2 heterocycles. The zero-order valence-electron chi connectivity index (χ0n) is 18.1. The highest BCUT2D eigenvalue weighted by Gasteiger charge is 2.33. The molecule has 0 aliphatic carbocycles. The van der Waals surface area contributed by atoms with Crippen LogP contribution in [0, 0.1) is 11.7 Å². The van der Waals surface area contributed by atoms with E-state index in [0.717, 1.165) is 29.0 Å². The van der Waals surface area contributed by atoms with Crippen LogP contribution in [0.1, 0.15) is 44.2 Å². The van der Waals surface area contributed by atoms with Gasteiger partial charge in [-0.25, -0.2) is 9.18 Å². The van der Waals surface area contributed by atoms with Gasteiger partial charge in [0.1, 0.15) is 11.4 Å². The van der Waals surface area contributed by atoms with Crippen molar-refractivity contribution in [3.05, 3.63) is 65.5 Å². The number of ether oxygens (including phenoxy) is 3. The molecule has 2 aliphatic rings. The Morgan fingerprint density at radius 3 is 2.61 bits per heavy atom. The van der Waals surface area contributed by atoms with E-state index in [0.29, 0.717) is 13.1 Å². The summed E-state index contributed by atoms with van der Waals surface area (Å²) in [4.78, 5) is 14.4. The Kier molecular flexibility index (Phi) is 5.90. The van der Waals surface area contributed by atoms with Crippen molar-refractivity contribution in [3.8, 4) is 11.5 Å². The van der Waals surface area contributed by atoms with Gasteiger partial charge >= 0.3 is 6.09 Å². The van der Waals surface area contributed by atoms with Crippen molar-refractivity contribution in [1.82, 2.24) is 4.90 Å². The summed E-state index contributed by atoms with van der Waals surface area (Å²) in [6.07, 6.45) is 4.65. The molecule has 2 aromatic carbocycles. The zero-order valence-corrected chi connectivity index (χ0v) is 18.1. The molecule has 5 nitrogen and oxygen atoms in total. The largest absolute Gasteiger partial charge is 0.454 e. The van der Waals surface area contributed by atoms with E-state index < -0.39 is 5.60 Å². The molecule has 0 spiro atoms. The maximum Gasteiger partial charge on any atom is 0.410 e. The number of benzene rings is 2. The van der Waals surface area contributed by atoms with Crippen molar-refractivity contribution in [2.24, 2.45) is 5.92 Å². The first kappa shape index (κ1) is 21.2. The maximum atomic E-state index is 13.4. The molecule has 0 saturated carbocycles. The molecular formula is C25H28FNO4. The maximum absolute atomic E-state index is 13.4. The predicted octanol–water partition coefficient (Wildman–Crippen LogP) is 5.61. The van der Waals surface area contributed by atoms with E-state index in [4.69, 9.17) is 14.2 Å². The van der Waals surface area contributed by atoms with Gasteiger partial charge in [-0.2, -0.15) is 0 Å². The molecule has 31 heavy (non-hydrogen) atoms. The fraction of sp³-hybridized carbons (Fsp3) is 0.400. The van der Waals surface area contributed by atoms with Crippen molar-refractivity contribution in [1.29, 1.82) is 0 Å². The first-order valence-electron chi connectivity index (χ1n) is 10.6. The fourth-order valence-electron chi connectivity index (χ4n) is 4.04. The SMILES string of the molecule is CC(C)(C)OC(=O)N1CC[C@@H](c2ccc(F)cc2)[C@H](/C=C/c2ccc3c(c2)OCO3)C1. The van der Waals surface area contributed by atoms with E-state index in [1.54, 1.807) is 4.90 Å². The molecule has 4 rings (SSSR count). The minimum atomic E-state index is -0.539. The fourth-order valence-corrected chi connectivity index (χ4v) is 4.04. The van der Waals surface area contributed by atoms with Crippen LogP contribution in [0.15, 0.2) is 48.5 Å². The summed E-state index contributed by atoms with van der Waals surface area (Å²) in [6.45, 7) is 6.99. The number of nitrogens with zero attached hydrogens (tertiary/aromatic N) is 1. The summed E-state index contributed by atoms with van der Waals surface area (Å²) in [5.74, 6) is 1.48. The predicted molar refractivity (Wildman–Crippen MR) is 117 cm³/mol. The molecule has 164 valence electrons. The van der Waals surface area contributed by atoms with Gasteiger partial charge in [0, 0.05) is 19.0 Å². The third kappa shape index (κ3) is 5.19. The molecule has 2 aliphatic heterocycles. The first-order chi connectivity index (χ1) is 14.8. The minimum Gasteiger partial charge on any atom is -0.454 e. The lowest BCUT2D eigenvalue weighted by Gasteiger charge is -2.38. The number of carbonyl (C=O) groups is 1. The molecule has 2 aromatic rings. The number of hydrogen-bond donors (Lipinski definition) is 0. The molecule has 1 fully saturated rings. The molecule has 0 unspecified atom stereocenters. The Hall–Kier alpha value is -3.02. The van der Waals surface area contributed by atoms with Crippen molar-refractivity contribution >= 4 is 12.2 Å². The Morgan fingerprint density at radius 1 is 1.13 bits per heavy atom. The second-order valence-electron chi connectivity index (χ2n) is 9.01. The number of rotatable bonds is 3. The van der Waals surface area contributed by atoms with Gasteiger partial charge in [-0.1, -0.05) is 30.4 Å². The van der Waals surface area contributed by atoms with E-state index in [1.807, 2.05) is 57.2 Å².